The van der Waals surface area contributed by atoms with Gasteiger partial charge in [0.2, 0.25) is 0 Å². The van der Waals surface area contributed by atoms with E-state index in [1.807, 2.05) is 43.8 Å². The van der Waals surface area contributed by atoms with Crippen LogP contribution in [0.3, 0.4) is 0 Å². The van der Waals surface area contributed by atoms with E-state index in [0.29, 0.717) is 12.3 Å². The lowest BCUT2D eigenvalue weighted by Crippen LogP contribution is -2.43. The van der Waals surface area contributed by atoms with Crippen LogP contribution in [-0.4, -0.2) is 41.8 Å². The molecule has 6 heteroatoms. The van der Waals surface area contributed by atoms with Gasteiger partial charge in [0.05, 0.1) is 6.04 Å². The van der Waals surface area contributed by atoms with Crippen molar-refractivity contribution in [3.8, 4) is 0 Å². The predicted octanol–water partition coefficient (Wildman–Crippen LogP) is 2.33. The van der Waals surface area contributed by atoms with Crippen molar-refractivity contribution in [2.45, 2.75) is 58.2 Å². The first-order chi connectivity index (χ1) is 13.3. The molecule has 0 aromatic heterocycles. The summed E-state index contributed by atoms with van der Waals surface area (Å²) >= 11 is 0. The maximum absolute atomic E-state index is 10.1. The van der Waals surface area contributed by atoms with Crippen LogP contribution in [0.15, 0.2) is 62.1 Å². The zero-order valence-electron chi connectivity index (χ0n) is 17.8. The monoisotopic (exact) mass is 392 g/mol. The van der Waals surface area contributed by atoms with Crippen LogP contribution in [0.4, 0.5) is 0 Å². The number of hydrogen-bond donors (Lipinski definition) is 6. The second-order valence-electron chi connectivity index (χ2n) is 6.99. The lowest BCUT2D eigenvalue weighted by Gasteiger charge is -2.26. The molecule has 0 aromatic rings. The highest BCUT2D eigenvalue weighted by Crippen LogP contribution is 2.09. The van der Waals surface area contributed by atoms with Gasteiger partial charge in [-0.1, -0.05) is 38.2 Å². The van der Waals surface area contributed by atoms with E-state index in [9.17, 15) is 10.2 Å². The van der Waals surface area contributed by atoms with Gasteiger partial charge in [-0.2, -0.15) is 0 Å². The number of rotatable bonds is 16. The lowest BCUT2D eigenvalue weighted by atomic mass is 10.00. The van der Waals surface area contributed by atoms with Crippen molar-refractivity contribution in [2.24, 2.45) is 11.8 Å². The first-order valence-corrected chi connectivity index (χ1v) is 9.89. The Labute approximate surface area is 171 Å². The zero-order chi connectivity index (χ0) is 21.4. The first kappa shape index (κ1) is 26.1. The molecule has 0 bridgehead atoms. The number of nitrogens with one attached hydrogen (secondary N) is 4. The summed E-state index contributed by atoms with van der Waals surface area (Å²) in [4.78, 5) is 0. The Morgan fingerprint density at radius 3 is 2.25 bits per heavy atom. The molecule has 6 nitrogen and oxygen atoms in total. The Kier molecular flexibility index (Phi) is 15.1. The van der Waals surface area contributed by atoms with E-state index in [-0.39, 0.29) is 18.0 Å². The quantitative estimate of drug-likeness (QED) is 0.179. The number of aliphatic hydroxyl groups excluding tert-OH is 2. The predicted molar refractivity (Wildman–Crippen MR) is 119 cm³/mol. The van der Waals surface area contributed by atoms with Crippen molar-refractivity contribution >= 4 is 0 Å². The van der Waals surface area contributed by atoms with Gasteiger partial charge in [0.25, 0.3) is 0 Å². The summed E-state index contributed by atoms with van der Waals surface area (Å²) in [5.74, 6) is 0.381. The normalized spacial score (nSPS) is 18.6. The average Bonchev–Trinajstić information content (AvgIpc) is 2.67. The molecule has 0 heterocycles. The fraction of sp³-hybridized carbons (Fsp3) is 0.545. The molecule has 6 unspecified atom stereocenters. The maximum Gasteiger partial charge on any atom is 0.109 e. The van der Waals surface area contributed by atoms with E-state index >= 15 is 0 Å². The maximum atomic E-state index is 10.1. The van der Waals surface area contributed by atoms with Crippen LogP contribution in [0.1, 0.15) is 33.6 Å². The molecule has 0 saturated carbocycles. The number of allylic oxidation sites excluding steroid dienone is 2. The molecule has 0 rings (SSSR count). The Balaban J connectivity index is 4.87. The molecule has 0 radical (unpaired) electrons. The van der Waals surface area contributed by atoms with E-state index in [2.05, 4.69) is 47.4 Å². The third-order valence-electron chi connectivity index (χ3n) is 4.38. The number of hydrogen-bond acceptors (Lipinski definition) is 6. The van der Waals surface area contributed by atoms with Crippen LogP contribution in [-0.2, 0) is 0 Å². The fourth-order valence-electron chi connectivity index (χ4n) is 2.48. The van der Waals surface area contributed by atoms with Crippen molar-refractivity contribution < 1.29 is 10.2 Å². The summed E-state index contributed by atoms with van der Waals surface area (Å²) in [5, 5.41) is 32.0. The van der Waals surface area contributed by atoms with Crippen LogP contribution in [0.5, 0.6) is 0 Å². The summed E-state index contributed by atoms with van der Waals surface area (Å²) in [6, 6.07) is -0.116. The number of aliphatic hydroxyl groups is 2. The van der Waals surface area contributed by atoms with E-state index in [1.54, 1.807) is 20.0 Å². The minimum Gasteiger partial charge on any atom is -0.384 e. The molecule has 6 atom stereocenters. The molecular weight excluding hydrogens is 352 g/mol. The van der Waals surface area contributed by atoms with Gasteiger partial charge in [-0.3, -0.25) is 10.6 Å². The summed E-state index contributed by atoms with van der Waals surface area (Å²) < 4.78 is 0. The summed E-state index contributed by atoms with van der Waals surface area (Å²) in [6.07, 6.45) is 15.7. The van der Waals surface area contributed by atoms with Crippen LogP contribution in [0, 0.1) is 11.8 Å². The molecule has 0 aliphatic carbocycles. The van der Waals surface area contributed by atoms with Crippen molar-refractivity contribution in [1.29, 1.82) is 0 Å². The second-order valence-corrected chi connectivity index (χ2v) is 6.99. The molecule has 0 spiro atoms. The Hall–Kier alpha value is -1.86. The van der Waals surface area contributed by atoms with Gasteiger partial charge in [-0.15, -0.1) is 13.2 Å². The summed E-state index contributed by atoms with van der Waals surface area (Å²) in [6.45, 7) is 13.3. The standard InChI is InChI=1S/C22H40N4O2/c1-7-10-20(26-19(5)27)12-16-25-21(18(4)22(28)23-6)13-15-24-14-9-11-17(3)8-2/h7-9,12-28H,1-2,10-11H2,3-6H3/b14-9+,15-13+,16-12+. The van der Waals surface area contributed by atoms with Gasteiger partial charge >= 0.3 is 0 Å². The van der Waals surface area contributed by atoms with Crippen LogP contribution in [0.25, 0.3) is 0 Å². The molecule has 160 valence electrons. The molecular formula is C22H40N4O2. The van der Waals surface area contributed by atoms with Gasteiger partial charge in [-0.25, -0.2) is 0 Å². The lowest BCUT2D eigenvalue weighted by molar-refractivity contribution is 0.0810. The summed E-state index contributed by atoms with van der Waals surface area (Å²) in [5.41, 5.74) is 0. The van der Waals surface area contributed by atoms with E-state index in [0.717, 1.165) is 6.42 Å². The van der Waals surface area contributed by atoms with Gasteiger partial charge in [0.15, 0.2) is 0 Å². The largest absolute Gasteiger partial charge is 0.384 e. The van der Waals surface area contributed by atoms with Crippen LogP contribution < -0.4 is 21.3 Å². The van der Waals surface area contributed by atoms with Gasteiger partial charge in [0, 0.05) is 12.0 Å². The molecule has 0 saturated heterocycles. The highest BCUT2D eigenvalue weighted by molar-refractivity contribution is 5.03. The van der Waals surface area contributed by atoms with Gasteiger partial charge in [-0.05, 0) is 57.4 Å². The summed E-state index contributed by atoms with van der Waals surface area (Å²) in [7, 11) is 1.73. The van der Waals surface area contributed by atoms with Crippen molar-refractivity contribution in [1.82, 2.24) is 21.3 Å². The highest BCUT2D eigenvalue weighted by Gasteiger charge is 2.20. The van der Waals surface area contributed by atoms with E-state index in [4.69, 9.17) is 0 Å². The molecule has 0 aromatic carbocycles. The van der Waals surface area contributed by atoms with Crippen molar-refractivity contribution in [3.05, 3.63) is 62.1 Å². The highest BCUT2D eigenvalue weighted by atomic mass is 16.3. The molecule has 0 aliphatic rings. The Morgan fingerprint density at radius 2 is 1.68 bits per heavy atom. The van der Waals surface area contributed by atoms with Gasteiger partial charge in [0.1, 0.15) is 12.5 Å². The third kappa shape index (κ3) is 12.5. The second kappa shape index (κ2) is 16.1. The average molecular weight is 393 g/mol. The SMILES string of the molecule is C=CCC(/C=C/NC(/C=C/N/C=C/CC(C)C=C)C(C)C(O)NC)NC(C)O. The van der Waals surface area contributed by atoms with E-state index in [1.165, 1.54) is 0 Å². The molecule has 6 N–H and O–H groups in total. The Morgan fingerprint density at radius 1 is 0.964 bits per heavy atom. The molecule has 28 heavy (non-hydrogen) atoms. The third-order valence-corrected chi connectivity index (χ3v) is 4.38. The van der Waals surface area contributed by atoms with E-state index < -0.39 is 12.5 Å². The smallest absolute Gasteiger partial charge is 0.109 e. The van der Waals surface area contributed by atoms with Crippen molar-refractivity contribution in [2.75, 3.05) is 7.05 Å². The Bertz CT molecular complexity index is 503. The van der Waals surface area contributed by atoms with Crippen LogP contribution >= 0.6 is 0 Å². The fourth-order valence-corrected chi connectivity index (χ4v) is 2.48. The first-order valence-electron chi connectivity index (χ1n) is 9.89. The molecule has 0 fully saturated rings. The minimum atomic E-state index is -0.640. The minimum absolute atomic E-state index is 0.0212. The van der Waals surface area contributed by atoms with Crippen LogP contribution in [0.2, 0.25) is 0 Å². The van der Waals surface area contributed by atoms with Crippen molar-refractivity contribution in [3.63, 3.8) is 0 Å². The van der Waals surface area contributed by atoms with Gasteiger partial charge < -0.3 is 20.8 Å². The molecule has 0 amide bonds. The molecule has 0 aliphatic heterocycles. The zero-order valence-corrected chi connectivity index (χ0v) is 17.8. The topological polar surface area (TPSA) is 88.6 Å².